The van der Waals surface area contributed by atoms with Gasteiger partial charge in [-0.15, -0.1) is 0 Å². The van der Waals surface area contributed by atoms with Gasteiger partial charge in [0, 0.05) is 0 Å². The van der Waals surface area contributed by atoms with E-state index in [0.29, 0.717) is 28.4 Å². The zero-order valence-corrected chi connectivity index (χ0v) is 18.1. The highest BCUT2D eigenvalue weighted by Crippen LogP contribution is 2.28. The van der Waals surface area contributed by atoms with Crippen LogP contribution in [-0.4, -0.2) is 45.5 Å². The first-order chi connectivity index (χ1) is 15.5. The van der Waals surface area contributed by atoms with Gasteiger partial charge < -0.3 is 18.9 Å². The second-order valence-electron chi connectivity index (χ2n) is 6.60. The Morgan fingerprint density at radius 2 is 1.66 bits per heavy atom. The number of methoxy groups -OCH3 is 2. The minimum atomic E-state index is -0.466. The third-order valence-electron chi connectivity index (χ3n) is 4.53. The summed E-state index contributed by atoms with van der Waals surface area (Å²) in [7, 11) is 3.00. The second-order valence-corrected chi connectivity index (χ2v) is 6.60. The number of hydrazone groups is 1. The van der Waals surface area contributed by atoms with Gasteiger partial charge in [0.15, 0.2) is 18.1 Å². The fraction of sp³-hybridized carbons (Fsp3) is 0.208. The molecule has 0 radical (unpaired) electrons. The molecule has 1 amide bonds. The monoisotopic (exact) mass is 436 g/mol. The standard InChI is InChI=1S/C24H24N2O6/c1-4-31-23(27)15-32-20-10-9-16(11-22(20)30-3)14-25-26-24(28)19-12-17-7-5-6-8-18(17)13-21(19)29-2/h5-14H,4,15H2,1-3H3,(H,26,28). The van der Waals surface area contributed by atoms with E-state index < -0.39 is 11.9 Å². The number of nitrogens with one attached hydrogen (secondary N) is 1. The van der Waals surface area contributed by atoms with E-state index in [1.54, 1.807) is 31.2 Å². The number of nitrogens with zero attached hydrogens (tertiary/aromatic N) is 1. The van der Waals surface area contributed by atoms with E-state index in [2.05, 4.69) is 10.5 Å². The van der Waals surface area contributed by atoms with Crippen LogP contribution < -0.4 is 19.6 Å². The van der Waals surface area contributed by atoms with Crippen molar-refractivity contribution < 1.29 is 28.5 Å². The molecule has 0 heterocycles. The maximum absolute atomic E-state index is 12.6. The van der Waals surface area contributed by atoms with Crippen LogP contribution in [0.1, 0.15) is 22.8 Å². The number of esters is 1. The lowest BCUT2D eigenvalue weighted by atomic mass is 10.1. The number of fused-ring (bicyclic) bond motifs is 1. The number of rotatable bonds is 9. The van der Waals surface area contributed by atoms with Crippen molar-refractivity contribution in [3.8, 4) is 17.2 Å². The summed E-state index contributed by atoms with van der Waals surface area (Å²) < 4.78 is 20.9. The van der Waals surface area contributed by atoms with Crippen molar-refractivity contribution in [1.29, 1.82) is 0 Å². The Balaban J connectivity index is 1.69. The van der Waals surface area contributed by atoms with Gasteiger partial charge in [-0.25, -0.2) is 10.2 Å². The zero-order chi connectivity index (χ0) is 22.9. The Bertz CT molecular complexity index is 1140. The fourth-order valence-electron chi connectivity index (χ4n) is 3.01. The molecule has 0 unspecified atom stereocenters. The van der Waals surface area contributed by atoms with E-state index in [9.17, 15) is 9.59 Å². The molecule has 32 heavy (non-hydrogen) atoms. The van der Waals surface area contributed by atoms with Gasteiger partial charge in [0.2, 0.25) is 0 Å². The molecule has 1 N–H and O–H groups in total. The molecular formula is C24H24N2O6. The summed E-state index contributed by atoms with van der Waals surface area (Å²) in [6.07, 6.45) is 1.48. The largest absolute Gasteiger partial charge is 0.496 e. The molecule has 3 rings (SSSR count). The highest BCUT2D eigenvalue weighted by Gasteiger charge is 2.13. The molecule has 3 aromatic rings. The number of carbonyl (C=O) groups is 2. The highest BCUT2D eigenvalue weighted by molar-refractivity contribution is 6.02. The van der Waals surface area contributed by atoms with Crippen LogP contribution >= 0.6 is 0 Å². The van der Waals surface area contributed by atoms with Crippen LogP contribution in [0.3, 0.4) is 0 Å². The Hall–Kier alpha value is -4.07. The predicted octanol–water partition coefficient (Wildman–Crippen LogP) is 3.56. The second kappa shape index (κ2) is 10.8. The SMILES string of the molecule is CCOC(=O)COc1ccc(C=NNC(=O)c2cc3ccccc3cc2OC)cc1OC. The maximum Gasteiger partial charge on any atom is 0.344 e. The third-order valence-corrected chi connectivity index (χ3v) is 4.53. The first-order valence-electron chi connectivity index (χ1n) is 9.92. The molecule has 8 heteroatoms. The van der Waals surface area contributed by atoms with Crippen LogP contribution in [0.15, 0.2) is 59.7 Å². The summed E-state index contributed by atoms with van der Waals surface area (Å²) in [6, 6.07) is 16.3. The van der Waals surface area contributed by atoms with Crippen LogP contribution in [0, 0.1) is 0 Å². The summed E-state index contributed by atoms with van der Waals surface area (Å²) in [4.78, 5) is 24.1. The number of carbonyl (C=O) groups excluding carboxylic acids is 2. The van der Waals surface area contributed by atoms with Crippen LogP contribution in [0.25, 0.3) is 10.8 Å². The molecule has 0 aliphatic rings. The van der Waals surface area contributed by atoms with E-state index in [0.717, 1.165) is 10.8 Å². The average Bonchev–Trinajstić information content (AvgIpc) is 2.82. The highest BCUT2D eigenvalue weighted by atomic mass is 16.6. The van der Waals surface area contributed by atoms with E-state index in [4.69, 9.17) is 18.9 Å². The normalized spacial score (nSPS) is 10.7. The van der Waals surface area contributed by atoms with Gasteiger partial charge in [0.25, 0.3) is 5.91 Å². The third kappa shape index (κ3) is 5.54. The quantitative estimate of drug-likeness (QED) is 0.313. The van der Waals surface area contributed by atoms with Crippen molar-refractivity contribution in [3.05, 3.63) is 65.7 Å². The Labute approximate surface area is 185 Å². The molecular weight excluding hydrogens is 412 g/mol. The van der Waals surface area contributed by atoms with Gasteiger partial charge in [0.05, 0.1) is 32.6 Å². The lowest BCUT2D eigenvalue weighted by Gasteiger charge is -2.11. The van der Waals surface area contributed by atoms with E-state index in [1.165, 1.54) is 20.4 Å². The molecule has 3 aromatic carbocycles. The van der Waals surface area contributed by atoms with E-state index in [1.807, 2.05) is 30.3 Å². The van der Waals surface area contributed by atoms with Crippen LogP contribution in [0.4, 0.5) is 0 Å². The molecule has 0 spiro atoms. The molecule has 166 valence electrons. The Kier molecular flexibility index (Phi) is 7.64. The molecule has 0 saturated carbocycles. The molecule has 0 aliphatic heterocycles. The molecule has 0 bridgehead atoms. The first kappa shape index (κ1) is 22.6. The van der Waals surface area contributed by atoms with Crippen molar-refractivity contribution in [2.75, 3.05) is 27.4 Å². The minimum Gasteiger partial charge on any atom is -0.496 e. The molecule has 0 saturated heterocycles. The topological polar surface area (TPSA) is 95.5 Å². The van der Waals surface area contributed by atoms with Gasteiger partial charge in [-0.3, -0.25) is 4.79 Å². The number of ether oxygens (including phenoxy) is 4. The van der Waals surface area contributed by atoms with Gasteiger partial charge in [-0.2, -0.15) is 5.10 Å². The van der Waals surface area contributed by atoms with Crippen LogP contribution in [-0.2, 0) is 9.53 Å². The van der Waals surface area contributed by atoms with Gasteiger partial charge in [-0.05, 0) is 53.6 Å². The summed E-state index contributed by atoms with van der Waals surface area (Å²) >= 11 is 0. The molecule has 0 atom stereocenters. The van der Waals surface area contributed by atoms with Gasteiger partial charge in [0.1, 0.15) is 5.75 Å². The number of hydrogen-bond donors (Lipinski definition) is 1. The van der Waals surface area contributed by atoms with E-state index in [-0.39, 0.29) is 13.2 Å². The number of amides is 1. The summed E-state index contributed by atoms with van der Waals surface area (Å²) in [5, 5.41) is 5.92. The van der Waals surface area contributed by atoms with E-state index >= 15 is 0 Å². The summed E-state index contributed by atoms with van der Waals surface area (Å²) in [5.74, 6) is 0.404. The Morgan fingerprint density at radius 3 is 2.34 bits per heavy atom. The number of hydrogen-bond acceptors (Lipinski definition) is 7. The van der Waals surface area contributed by atoms with Crippen molar-refractivity contribution in [3.63, 3.8) is 0 Å². The maximum atomic E-state index is 12.6. The van der Waals surface area contributed by atoms with Crippen molar-refractivity contribution in [2.45, 2.75) is 6.92 Å². The molecule has 0 aliphatic carbocycles. The van der Waals surface area contributed by atoms with Gasteiger partial charge in [-0.1, -0.05) is 24.3 Å². The molecule has 8 nitrogen and oxygen atoms in total. The lowest BCUT2D eigenvalue weighted by Crippen LogP contribution is -2.18. The van der Waals surface area contributed by atoms with Crippen molar-refractivity contribution >= 4 is 28.9 Å². The lowest BCUT2D eigenvalue weighted by molar-refractivity contribution is -0.145. The summed E-state index contributed by atoms with van der Waals surface area (Å²) in [5.41, 5.74) is 3.55. The van der Waals surface area contributed by atoms with Crippen LogP contribution in [0.2, 0.25) is 0 Å². The zero-order valence-electron chi connectivity index (χ0n) is 18.1. The average molecular weight is 436 g/mol. The van der Waals surface area contributed by atoms with Crippen molar-refractivity contribution in [2.24, 2.45) is 5.10 Å². The van der Waals surface area contributed by atoms with Crippen LogP contribution in [0.5, 0.6) is 17.2 Å². The molecule has 0 aromatic heterocycles. The summed E-state index contributed by atoms with van der Waals surface area (Å²) in [6.45, 7) is 1.79. The molecule has 0 fully saturated rings. The smallest absolute Gasteiger partial charge is 0.344 e. The predicted molar refractivity (Wildman–Crippen MR) is 121 cm³/mol. The van der Waals surface area contributed by atoms with Crippen molar-refractivity contribution in [1.82, 2.24) is 5.43 Å². The Morgan fingerprint density at radius 1 is 0.938 bits per heavy atom. The first-order valence-corrected chi connectivity index (χ1v) is 9.92. The van der Waals surface area contributed by atoms with Gasteiger partial charge >= 0.3 is 5.97 Å². The fourth-order valence-corrected chi connectivity index (χ4v) is 3.01. The minimum absolute atomic E-state index is 0.221. The number of benzene rings is 3.